The van der Waals surface area contributed by atoms with Crippen molar-refractivity contribution in [3.63, 3.8) is 0 Å². The molecule has 0 amide bonds. The molecule has 0 fully saturated rings. The topological polar surface area (TPSA) is 0 Å². The van der Waals surface area contributed by atoms with Gasteiger partial charge in [0, 0.05) is 8.04 Å². The van der Waals surface area contributed by atoms with Crippen LogP contribution in [0.3, 0.4) is 0 Å². The molecular formula is C18H12BrI. The lowest BCUT2D eigenvalue weighted by Gasteiger charge is -2.12. The molecule has 0 saturated carbocycles. The number of hydrogen-bond donors (Lipinski definition) is 0. The Hall–Kier alpha value is -1.13. The first kappa shape index (κ1) is 13.8. The molecule has 0 aliphatic heterocycles. The Morgan fingerprint density at radius 1 is 0.550 bits per heavy atom. The van der Waals surface area contributed by atoms with E-state index in [1.807, 2.05) is 6.07 Å². The van der Waals surface area contributed by atoms with Crippen LogP contribution in [0, 0.1) is 3.57 Å². The van der Waals surface area contributed by atoms with Gasteiger partial charge in [-0.15, -0.1) is 0 Å². The zero-order valence-electron chi connectivity index (χ0n) is 10.7. The first-order valence-electron chi connectivity index (χ1n) is 6.36. The number of hydrogen-bond acceptors (Lipinski definition) is 0. The highest BCUT2D eigenvalue weighted by atomic mass is 127. The van der Waals surface area contributed by atoms with E-state index in [9.17, 15) is 0 Å². The van der Waals surface area contributed by atoms with Crippen LogP contribution in [0.15, 0.2) is 77.3 Å². The molecule has 0 bridgehead atoms. The molecule has 2 heteroatoms. The maximum Gasteiger partial charge on any atom is 0.0253 e. The summed E-state index contributed by atoms with van der Waals surface area (Å²) < 4.78 is 2.39. The fourth-order valence-electron chi connectivity index (χ4n) is 2.31. The Morgan fingerprint density at radius 2 is 1.00 bits per heavy atom. The molecule has 20 heavy (non-hydrogen) atoms. The molecule has 3 rings (SSSR count). The molecule has 0 unspecified atom stereocenters. The van der Waals surface area contributed by atoms with E-state index in [0.717, 1.165) is 4.47 Å². The van der Waals surface area contributed by atoms with Crippen molar-refractivity contribution in [1.29, 1.82) is 0 Å². The molecule has 0 aliphatic carbocycles. The fourth-order valence-corrected chi connectivity index (χ4v) is 3.49. The monoisotopic (exact) mass is 434 g/mol. The van der Waals surface area contributed by atoms with E-state index in [4.69, 9.17) is 0 Å². The zero-order chi connectivity index (χ0) is 13.9. The number of halogens is 2. The molecule has 98 valence electrons. The third-order valence-electron chi connectivity index (χ3n) is 3.26. The van der Waals surface area contributed by atoms with E-state index in [0.29, 0.717) is 0 Å². The molecule has 0 nitrogen and oxygen atoms in total. The van der Waals surface area contributed by atoms with E-state index < -0.39 is 0 Å². The summed E-state index contributed by atoms with van der Waals surface area (Å²) in [6.07, 6.45) is 0. The molecule has 0 saturated heterocycles. The van der Waals surface area contributed by atoms with Crippen molar-refractivity contribution in [3.05, 3.63) is 80.8 Å². The van der Waals surface area contributed by atoms with Gasteiger partial charge in [-0.05, 0) is 57.0 Å². The molecule has 0 heterocycles. The predicted octanol–water partition coefficient (Wildman–Crippen LogP) is 6.39. The van der Waals surface area contributed by atoms with Crippen molar-refractivity contribution in [2.45, 2.75) is 0 Å². The molecule has 0 N–H and O–H groups in total. The maximum absolute atomic E-state index is 3.66. The number of benzene rings is 3. The van der Waals surface area contributed by atoms with Crippen LogP contribution in [-0.2, 0) is 0 Å². The van der Waals surface area contributed by atoms with E-state index in [1.165, 1.54) is 25.8 Å². The smallest absolute Gasteiger partial charge is 0.0253 e. The Morgan fingerprint density at radius 3 is 1.60 bits per heavy atom. The standard InChI is InChI=1S/C18H12BrI/c19-17-11-5-3-9-15(17)13-7-1-2-8-14(13)16-10-4-6-12-18(16)20/h1-12H. The van der Waals surface area contributed by atoms with Gasteiger partial charge in [0.05, 0.1) is 0 Å². The summed E-state index contributed by atoms with van der Waals surface area (Å²) in [5.74, 6) is 0. The van der Waals surface area contributed by atoms with E-state index in [-0.39, 0.29) is 0 Å². The van der Waals surface area contributed by atoms with Gasteiger partial charge in [0.1, 0.15) is 0 Å². The average molecular weight is 435 g/mol. The van der Waals surface area contributed by atoms with E-state index in [1.54, 1.807) is 0 Å². The van der Waals surface area contributed by atoms with Gasteiger partial charge in [-0.2, -0.15) is 0 Å². The van der Waals surface area contributed by atoms with Gasteiger partial charge < -0.3 is 0 Å². The lowest BCUT2D eigenvalue weighted by atomic mass is 9.95. The lowest BCUT2D eigenvalue weighted by Crippen LogP contribution is -1.88. The Labute approximate surface area is 141 Å². The summed E-state index contributed by atoms with van der Waals surface area (Å²) in [6, 6.07) is 25.4. The van der Waals surface area contributed by atoms with Crippen molar-refractivity contribution < 1.29 is 0 Å². The second kappa shape index (κ2) is 6.10. The van der Waals surface area contributed by atoms with E-state index in [2.05, 4.69) is 105 Å². The summed E-state index contributed by atoms with van der Waals surface area (Å²) in [5.41, 5.74) is 5.02. The van der Waals surface area contributed by atoms with Crippen LogP contribution in [-0.4, -0.2) is 0 Å². The highest BCUT2D eigenvalue weighted by Gasteiger charge is 2.10. The maximum atomic E-state index is 3.66. The van der Waals surface area contributed by atoms with Crippen molar-refractivity contribution >= 4 is 38.5 Å². The van der Waals surface area contributed by atoms with Gasteiger partial charge in [0.15, 0.2) is 0 Å². The first-order chi connectivity index (χ1) is 9.77. The van der Waals surface area contributed by atoms with Crippen LogP contribution in [0.25, 0.3) is 22.3 Å². The predicted molar refractivity (Wildman–Crippen MR) is 97.7 cm³/mol. The van der Waals surface area contributed by atoms with Crippen LogP contribution in [0.5, 0.6) is 0 Å². The minimum atomic E-state index is 1.12. The highest BCUT2D eigenvalue weighted by Crippen LogP contribution is 2.37. The third kappa shape index (κ3) is 2.67. The Kier molecular flexibility index (Phi) is 4.22. The average Bonchev–Trinajstić information content (AvgIpc) is 2.48. The molecule has 3 aromatic carbocycles. The largest absolute Gasteiger partial charge is 0.0616 e. The summed E-state index contributed by atoms with van der Waals surface area (Å²) in [6.45, 7) is 0. The third-order valence-corrected chi connectivity index (χ3v) is 4.89. The minimum Gasteiger partial charge on any atom is -0.0616 e. The fraction of sp³-hybridized carbons (Fsp3) is 0. The van der Waals surface area contributed by atoms with Crippen LogP contribution in [0.1, 0.15) is 0 Å². The Balaban J connectivity index is 2.25. The van der Waals surface area contributed by atoms with E-state index >= 15 is 0 Å². The van der Waals surface area contributed by atoms with Crippen molar-refractivity contribution in [2.75, 3.05) is 0 Å². The van der Waals surface area contributed by atoms with Gasteiger partial charge in [-0.3, -0.25) is 0 Å². The lowest BCUT2D eigenvalue weighted by molar-refractivity contribution is 1.54. The van der Waals surface area contributed by atoms with Gasteiger partial charge in [-0.25, -0.2) is 0 Å². The summed E-state index contributed by atoms with van der Waals surface area (Å²) >= 11 is 6.05. The highest BCUT2D eigenvalue weighted by molar-refractivity contribution is 14.1. The van der Waals surface area contributed by atoms with Crippen LogP contribution < -0.4 is 0 Å². The van der Waals surface area contributed by atoms with Crippen molar-refractivity contribution in [3.8, 4) is 22.3 Å². The molecular weight excluding hydrogens is 423 g/mol. The van der Waals surface area contributed by atoms with Gasteiger partial charge in [-0.1, -0.05) is 76.6 Å². The number of rotatable bonds is 2. The normalized spacial score (nSPS) is 10.5. The molecule has 0 radical (unpaired) electrons. The summed E-state index contributed by atoms with van der Waals surface area (Å²) in [5, 5.41) is 0. The first-order valence-corrected chi connectivity index (χ1v) is 8.23. The second-order valence-corrected chi connectivity index (χ2v) is 6.52. The SMILES string of the molecule is Brc1ccccc1-c1ccccc1-c1ccccc1I. The van der Waals surface area contributed by atoms with Gasteiger partial charge >= 0.3 is 0 Å². The molecule has 0 aliphatic rings. The second-order valence-electron chi connectivity index (χ2n) is 4.51. The van der Waals surface area contributed by atoms with Crippen LogP contribution >= 0.6 is 38.5 Å². The summed E-state index contributed by atoms with van der Waals surface area (Å²) in [7, 11) is 0. The Bertz CT molecular complexity index is 685. The van der Waals surface area contributed by atoms with Crippen LogP contribution in [0.4, 0.5) is 0 Å². The minimum absolute atomic E-state index is 1.12. The van der Waals surface area contributed by atoms with Gasteiger partial charge in [0.25, 0.3) is 0 Å². The van der Waals surface area contributed by atoms with Gasteiger partial charge in [0.2, 0.25) is 0 Å². The zero-order valence-corrected chi connectivity index (χ0v) is 14.4. The summed E-state index contributed by atoms with van der Waals surface area (Å²) in [4.78, 5) is 0. The quantitative estimate of drug-likeness (QED) is 0.410. The molecule has 3 aromatic rings. The molecule has 0 spiro atoms. The van der Waals surface area contributed by atoms with Crippen LogP contribution in [0.2, 0.25) is 0 Å². The van der Waals surface area contributed by atoms with Crippen molar-refractivity contribution in [1.82, 2.24) is 0 Å². The van der Waals surface area contributed by atoms with Crippen molar-refractivity contribution in [2.24, 2.45) is 0 Å². The molecule has 0 atom stereocenters. The molecule has 0 aromatic heterocycles.